The van der Waals surface area contributed by atoms with Crippen molar-refractivity contribution in [2.45, 2.75) is 20.5 Å². The van der Waals surface area contributed by atoms with E-state index in [9.17, 15) is 19.7 Å². The van der Waals surface area contributed by atoms with E-state index in [1.54, 1.807) is 13.0 Å². The minimum Gasteiger partial charge on any atom is -0.462 e. The Kier molecular flexibility index (Phi) is 6.38. The number of carbonyl (C=O) groups is 2. The lowest BCUT2D eigenvalue weighted by Gasteiger charge is -2.10. The molecule has 0 radical (unpaired) electrons. The Hall–Kier alpha value is -3.37. The van der Waals surface area contributed by atoms with Gasteiger partial charge in [0.05, 0.1) is 23.8 Å². The van der Waals surface area contributed by atoms with Gasteiger partial charge >= 0.3 is 5.97 Å². The van der Waals surface area contributed by atoms with Crippen LogP contribution in [0.4, 0.5) is 11.4 Å². The zero-order valence-corrected chi connectivity index (χ0v) is 17.4. The number of nitro benzene ring substituents is 1. The number of amides is 1. The van der Waals surface area contributed by atoms with Gasteiger partial charge in [0.1, 0.15) is 15.3 Å². The minimum absolute atomic E-state index is 0.120. The van der Waals surface area contributed by atoms with E-state index in [2.05, 4.69) is 10.3 Å². The van der Waals surface area contributed by atoms with Crippen LogP contribution in [-0.4, -0.2) is 35.5 Å². The van der Waals surface area contributed by atoms with Crippen LogP contribution in [0.2, 0.25) is 0 Å². The molecule has 10 heteroatoms. The summed E-state index contributed by atoms with van der Waals surface area (Å²) in [6, 6.07) is 7.40. The maximum atomic E-state index is 12.9. The third kappa shape index (κ3) is 4.14. The first kappa shape index (κ1) is 21.3. The number of thiophene rings is 1. The summed E-state index contributed by atoms with van der Waals surface area (Å²) in [5.41, 5.74) is 1.20. The molecule has 0 atom stereocenters. The van der Waals surface area contributed by atoms with Crippen LogP contribution < -0.4 is 5.32 Å². The zero-order chi connectivity index (χ0) is 21.8. The lowest BCUT2D eigenvalue weighted by molar-refractivity contribution is -0.385. The van der Waals surface area contributed by atoms with E-state index in [-0.39, 0.29) is 35.0 Å². The molecule has 1 aromatic carbocycles. The monoisotopic (exact) mass is 429 g/mol. The topological polar surface area (TPSA) is 121 Å². The molecular formula is C20H19N3O6S. The van der Waals surface area contributed by atoms with E-state index in [0.717, 1.165) is 22.6 Å². The number of rotatable bonds is 7. The largest absolute Gasteiger partial charge is 0.462 e. The molecule has 0 saturated heterocycles. The summed E-state index contributed by atoms with van der Waals surface area (Å²) in [4.78, 5) is 41.3. The lowest BCUT2D eigenvalue weighted by Crippen LogP contribution is -2.16. The van der Waals surface area contributed by atoms with E-state index < -0.39 is 16.8 Å². The molecule has 9 nitrogen and oxygen atoms in total. The number of nitro groups is 1. The highest BCUT2D eigenvalue weighted by Gasteiger charge is 2.27. The standard InChI is InChI=1S/C20H19N3O6S/c1-4-29-20(25)17-16(15-12(10-28-3)9-11(2)21-19(15)30-17)22-18(24)13-7-5-6-8-14(13)23(26)27/h5-9H,4,10H2,1-3H3,(H,22,24). The van der Waals surface area contributed by atoms with Gasteiger partial charge in [-0.2, -0.15) is 0 Å². The van der Waals surface area contributed by atoms with Crippen molar-refractivity contribution in [2.24, 2.45) is 0 Å². The third-order valence-corrected chi connectivity index (χ3v) is 5.28. The van der Waals surface area contributed by atoms with Crippen LogP contribution in [0.25, 0.3) is 10.2 Å². The Morgan fingerprint density at radius 1 is 1.30 bits per heavy atom. The summed E-state index contributed by atoms with van der Waals surface area (Å²) < 4.78 is 10.4. The number of nitrogens with one attached hydrogen (secondary N) is 1. The predicted octanol–water partition coefficient (Wildman–Crippen LogP) is 4.09. The van der Waals surface area contributed by atoms with E-state index in [0.29, 0.717) is 10.2 Å². The van der Waals surface area contributed by atoms with Gasteiger partial charge in [-0.15, -0.1) is 11.3 Å². The highest BCUT2D eigenvalue weighted by Crippen LogP contribution is 2.38. The van der Waals surface area contributed by atoms with Crippen molar-refractivity contribution in [1.82, 2.24) is 4.98 Å². The van der Waals surface area contributed by atoms with Gasteiger partial charge in [0.25, 0.3) is 11.6 Å². The Labute approximate surface area is 175 Å². The SMILES string of the molecule is CCOC(=O)c1sc2nc(C)cc(COC)c2c1NC(=O)c1ccccc1[N+](=O)[O-]. The van der Waals surface area contributed by atoms with Crippen molar-refractivity contribution >= 4 is 44.8 Å². The fraction of sp³-hybridized carbons (Fsp3) is 0.250. The number of methoxy groups -OCH3 is 1. The number of benzene rings is 1. The molecule has 2 heterocycles. The second-order valence-electron chi connectivity index (χ2n) is 6.29. The second-order valence-corrected chi connectivity index (χ2v) is 7.29. The summed E-state index contributed by atoms with van der Waals surface area (Å²) in [6.07, 6.45) is 0. The van der Waals surface area contributed by atoms with E-state index in [1.165, 1.54) is 31.4 Å². The van der Waals surface area contributed by atoms with Gasteiger partial charge in [0.15, 0.2) is 0 Å². The highest BCUT2D eigenvalue weighted by atomic mass is 32.1. The van der Waals surface area contributed by atoms with Crippen LogP contribution in [0, 0.1) is 17.0 Å². The number of aryl methyl sites for hydroxylation is 1. The molecule has 3 rings (SSSR count). The third-order valence-electron chi connectivity index (χ3n) is 4.22. The van der Waals surface area contributed by atoms with E-state index in [4.69, 9.17) is 9.47 Å². The number of hydrogen-bond acceptors (Lipinski definition) is 8. The molecule has 2 aromatic heterocycles. The molecule has 0 aliphatic carbocycles. The number of anilines is 1. The van der Waals surface area contributed by atoms with Gasteiger partial charge in [-0.25, -0.2) is 9.78 Å². The van der Waals surface area contributed by atoms with Gasteiger partial charge in [-0.3, -0.25) is 14.9 Å². The average molecular weight is 429 g/mol. The normalized spacial score (nSPS) is 10.8. The average Bonchev–Trinajstić information content (AvgIpc) is 3.06. The molecule has 0 aliphatic rings. The maximum absolute atomic E-state index is 12.9. The summed E-state index contributed by atoms with van der Waals surface area (Å²) in [7, 11) is 1.53. The summed E-state index contributed by atoms with van der Waals surface area (Å²) in [6.45, 7) is 3.87. The van der Waals surface area contributed by atoms with Gasteiger partial charge < -0.3 is 14.8 Å². The number of ether oxygens (including phenoxy) is 2. The van der Waals surface area contributed by atoms with Crippen LogP contribution >= 0.6 is 11.3 Å². The fourth-order valence-electron chi connectivity index (χ4n) is 3.05. The smallest absolute Gasteiger partial charge is 0.350 e. The molecule has 1 N–H and O–H groups in total. The lowest BCUT2D eigenvalue weighted by atomic mass is 10.1. The quantitative estimate of drug-likeness (QED) is 0.341. The Morgan fingerprint density at radius 3 is 2.70 bits per heavy atom. The van der Waals surface area contributed by atoms with Crippen molar-refractivity contribution in [3.8, 4) is 0 Å². The number of esters is 1. The number of para-hydroxylation sites is 1. The first-order chi connectivity index (χ1) is 14.4. The highest BCUT2D eigenvalue weighted by molar-refractivity contribution is 7.21. The second kappa shape index (κ2) is 8.97. The van der Waals surface area contributed by atoms with Crippen molar-refractivity contribution in [3.63, 3.8) is 0 Å². The van der Waals surface area contributed by atoms with Gasteiger partial charge in [0, 0.05) is 24.3 Å². The Balaban J connectivity index is 2.18. The first-order valence-electron chi connectivity index (χ1n) is 9.01. The molecule has 30 heavy (non-hydrogen) atoms. The van der Waals surface area contributed by atoms with Crippen LogP contribution in [-0.2, 0) is 16.1 Å². The van der Waals surface area contributed by atoms with Crippen LogP contribution in [0.5, 0.6) is 0 Å². The number of pyridine rings is 1. The van der Waals surface area contributed by atoms with Crippen molar-refractivity contribution in [3.05, 3.63) is 62.1 Å². The van der Waals surface area contributed by atoms with Gasteiger partial charge in [-0.1, -0.05) is 12.1 Å². The van der Waals surface area contributed by atoms with Crippen molar-refractivity contribution in [1.29, 1.82) is 0 Å². The molecule has 0 aliphatic heterocycles. The molecule has 0 bridgehead atoms. The number of carbonyl (C=O) groups excluding carboxylic acids is 2. The van der Waals surface area contributed by atoms with E-state index in [1.807, 2.05) is 6.92 Å². The number of fused-ring (bicyclic) bond motifs is 1. The Bertz CT molecular complexity index is 1140. The first-order valence-corrected chi connectivity index (χ1v) is 9.82. The van der Waals surface area contributed by atoms with Gasteiger partial charge in [-0.05, 0) is 31.5 Å². The van der Waals surface area contributed by atoms with Crippen LogP contribution in [0.15, 0.2) is 30.3 Å². The molecule has 1 amide bonds. The molecular weight excluding hydrogens is 410 g/mol. The molecule has 156 valence electrons. The van der Waals surface area contributed by atoms with Crippen molar-refractivity contribution < 1.29 is 24.0 Å². The Morgan fingerprint density at radius 2 is 2.03 bits per heavy atom. The minimum atomic E-state index is -0.712. The number of aromatic nitrogens is 1. The maximum Gasteiger partial charge on any atom is 0.350 e. The number of nitrogens with zero attached hydrogens (tertiary/aromatic N) is 2. The van der Waals surface area contributed by atoms with Crippen molar-refractivity contribution in [2.75, 3.05) is 19.0 Å². The van der Waals surface area contributed by atoms with Crippen LogP contribution in [0.3, 0.4) is 0 Å². The van der Waals surface area contributed by atoms with E-state index >= 15 is 0 Å². The summed E-state index contributed by atoms with van der Waals surface area (Å²) in [5.74, 6) is -1.32. The van der Waals surface area contributed by atoms with Crippen LogP contribution in [0.1, 0.15) is 38.2 Å². The molecule has 0 saturated carbocycles. The zero-order valence-electron chi connectivity index (χ0n) is 16.6. The fourth-order valence-corrected chi connectivity index (χ4v) is 4.16. The number of hydrogen-bond donors (Lipinski definition) is 1. The summed E-state index contributed by atoms with van der Waals surface area (Å²) >= 11 is 1.08. The predicted molar refractivity (Wildman–Crippen MR) is 112 cm³/mol. The molecule has 0 fully saturated rings. The molecule has 3 aromatic rings. The molecule has 0 spiro atoms. The summed E-state index contributed by atoms with van der Waals surface area (Å²) in [5, 5.41) is 14.5. The van der Waals surface area contributed by atoms with Gasteiger partial charge in [0.2, 0.25) is 0 Å². The molecule has 0 unspecified atom stereocenters.